The molecule has 1 aliphatic carbocycles. The molecule has 4 rings (SSSR count). The van der Waals surface area contributed by atoms with Gasteiger partial charge in [0.1, 0.15) is 0 Å². The van der Waals surface area contributed by atoms with Crippen molar-refractivity contribution in [3.8, 4) is 5.69 Å². The van der Waals surface area contributed by atoms with Crippen LogP contribution in [0.4, 0.5) is 0 Å². The van der Waals surface area contributed by atoms with Crippen LogP contribution in [0.2, 0.25) is 0 Å². The van der Waals surface area contributed by atoms with Crippen LogP contribution in [0.5, 0.6) is 0 Å². The van der Waals surface area contributed by atoms with Gasteiger partial charge in [-0.15, -0.1) is 0 Å². The number of para-hydroxylation sites is 1. The van der Waals surface area contributed by atoms with Crippen molar-refractivity contribution < 1.29 is 13.6 Å². The van der Waals surface area contributed by atoms with Crippen molar-refractivity contribution in [1.82, 2.24) is 13.9 Å². The summed E-state index contributed by atoms with van der Waals surface area (Å²) in [7, 11) is -3.70. The molecule has 156 valence electrons. The van der Waals surface area contributed by atoms with E-state index in [2.05, 4.69) is 0 Å². The van der Waals surface area contributed by atoms with Gasteiger partial charge in [0.25, 0.3) is 0 Å². The molecule has 2 aromatic rings. The third kappa shape index (κ3) is 3.29. The molecule has 1 aromatic heterocycles. The first-order valence-corrected chi connectivity index (χ1v) is 11.7. The monoisotopic (exact) mass is 419 g/mol. The minimum absolute atomic E-state index is 0.179. The Morgan fingerprint density at radius 1 is 1.00 bits per heavy atom. The van der Waals surface area contributed by atoms with Crippen molar-refractivity contribution >= 4 is 7.60 Å². The molecule has 2 atom stereocenters. The van der Waals surface area contributed by atoms with Crippen LogP contribution in [0, 0.1) is 0 Å². The standard InChI is InChI=1S/C20H26N3O5P/c1-3-27-29(26,28-4-2)18-14-15-10-8-9-13-17(15)22-19(24)21(20(25)23(18)22)16-11-6-5-7-12-16/h5-7,11-12,14,17-18H,3-4,8-10,13H2,1-2H3. The average molecular weight is 419 g/mol. The SMILES string of the molecule is CCOP(=O)(OCC)C1C=C2CCCCC2n2c(=O)n(-c3ccccc3)c(=O)n21. The van der Waals surface area contributed by atoms with Crippen molar-refractivity contribution in [3.05, 3.63) is 62.9 Å². The number of nitrogens with zero attached hydrogens (tertiary/aromatic N) is 3. The maximum Gasteiger partial charge on any atom is 0.359 e. The van der Waals surface area contributed by atoms with Crippen LogP contribution in [-0.4, -0.2) is 27.1 Å². The summed E-state index contributed by atoms with van der Waals surface area (Å²) in [6, 6.07) is 8.59. The second kappa shape index (κ2) is 7.94. The van der Waals surface area contributed by atoms with Gasteiger partial charge in [0, 0.05) is 0 Å². The van der Waals surface area contributed by atoms with Crippen molar-refractivity contribution in [2.75, 3.05) is 13.2 Å². The van der Waals surface area contributed by atoms with Crippen molar-refractivity contribution in [2.45, 2.75) is 51.4 Å². The van der Waals surface area contributed by atoms with Gasteiger partial charge in [0.05, 0.1) is 24.9 Å². The summed E-state index contributed by atoms with van der Waals surface area (Å²) in [6.45, 7) is 3.82. The first kappa shape index (κ1) is 20.1. The molecule has 8 nitrogen and oxygen atoms in total. The molecule has 2 aliphatic rings. The van der Waals surface area contributed by atoms with Crippen molar-refractivity contribution in [1.29, 1.82) is 0 Å². The highest BCUT2D eigenvalue weighted by Crippen LogP contribution is 2.61. The molecule has 1 aromatic carbocycles. The molecule has 0 amide bonds. The number of benzene rings is 1. The number of hydrogen-bond donors (Lipinski definition) is 0. The van der Waals surface area contributed by atoms with Crippen LogP contribution in [-0.2, 0) is 13.6 Å². The van der Waals surface area contributed by atoms with E-state index in [1.807, 2.05) is 12.1 Å². The first-order chi connectivity index (χ1) is 14.0. The largest absolute Gasteiger partial charge is 0.359 e. The minimum atomic E-state index is -3.70. The van der Waals surface area contributed by atoms with Crippen molar-refractivity contribution in [3.63, 3.8) is 0 Å². The lowest BCUT2D eigenvalue weighted by Gasteiger charge is -2.36. The van der Waals surface area contributed by atoms with Gasteiger partial charge >= 0.3 is 19.0 Å². The molecule has 0 radical (unpaired) electrons. The first-order valence-electron chi connectivity index (χ1n) is 10.1. The van der Waals surface area contributed by atoms with Crippen LogP contribution < -0.4 is 11.4 Å². The minimum Gasteiger partial charge on any atom is -0.307 e. The molecule has 0 N–H and O–H groups in total. The predicted octanol–water partition coefficient (Wildman–Crippen LogP) is 3.62. The Morgan fingerprint density at radius 3 is 2.31 bits per heavy atom. The van der Waals surface area contributed by atoms with E-state index in [1.54, 1.807) is 38.1 Å². The molecule has 9 heteroatoms. The third-order valence-corrected chi connectivity index (χ3v) is 7.75. The second-order valence-corrected chi connectivity index (χ2v) is 9.34. The van der Waals surface area contributed by atoms with Gasteiger partial charge in [-0.1, -0.05) is 24.6 Å². The quantitative estimate of drug-likeness (QED) is 0.527. The molecular formula is C20H26N3O5P. The maximum absolute atomic E-state index is 13.6. The number of fused-ring (bicyclic) bond motifs is 3. The van der Waals surface area contributed by atoms with E-state index in [9.17, 15) is 14.2 Å². The maximum atomic E-state index is 13.6. The molecule has 1 fully saturated rings. The summed E-state index contributed by atoms with van der Waals surface area (Å²) in [5, 5.41) is 0. The van der Waals surface area contributed by atoms with E-state index >= 15 is 0 Å². The Kier molecular flexibility index (Phi) is 5.51. The lowest BCUT2D eigenvalue weighted by Crippen LogP contribution is -2.38. The smallest absolute Gasteiger partial charge is 0.307 e. The summed E-state index contributed by atoms with van der Waals surface area (Å²) in [5.74, 6) is -0.961. The summed E-state index contributed by atoms with van der Waals surface area (Å²) < 4.78 is 28.7. The van der Waals surface area contributed by atoms with E-state index in [0.717, 1.165) is 35.8 Å². The number of aromatic nitrogens is 3. The summed E-state index contributed by atoms with van der Waals surface area (Å²) in [6.07, 6.45) is 5.38. The fourth-order valence-electron chi connectivity index (χ4n) is 4.32. The van der Waals surface area contributed by atoms with E-state index in [1.165, 1.54) is 9.36 Å². The lowest BCUT2D eigenvalue weighted by atomic mass is 9.89. The number of allylic oxidation sites excluding steroid dienone is 2. The van der Waals surface area contributed by atoms with Gasteiger partial charge in [-0.05, 0) is 56.9 Å². The fraction of sp³-hybridized carbons (Fsp3) is 0.500. The van der Waals surface area contributed by atoms with Crippen LogP contribution in [0.3, 0.4) is 0 Å². The van der Waals surface area contributed by atoms with Crippen LogP contribution in [0.15, 0.2) is 51.6 Å². The highest BCUT2D eigenvalue weighted by Gasteiger charge is 2.44. The van der Waals surface area contributed by atoms with Gasteiger partial charge < -0.3 is 9.05 Å². The highest BCUT2D eigenvalue weighted by molar-refractivity contribution is 7.54. The van der Waals surface area contributed by atoms with Gasteiger partial charge in [-0.25, -0.2) is 23.5 Å². The number of hydrogen-bond acceptors (Lipinski definition) is 5. The zero-order chi connectivity index (χ0) is 20.6. The Morgan fingerprint density at radius 2 is 1.66 bits per heavy atom. The van der Waals surface area contributed by atoms with Crippen molar-refractivity contribution in [2.24, 2.45) is 0 Å². The summed E-state index contributed by atoms with van der Waals surface area (Å²) in [4.78, 5) is 26.8. The molecule has 0 bridgehead atoms. The zero-order valence-electron chi connectivity index (χ0n) is 16.7. The Labute approximate surface area is 168 Å². The normalized spacial score (nSPS) is 21.4. The second-order valence-electron chi connectivity index (χ2n) is 7.22. The number of rotatable bonds is 6. The topological polar surface area (TPSA) is 84.5 Å². The molecule has 1 saturated carbocycles. The van der Waals surface area contributed by atoms with E-state index in [4.69, 9.17) is 9.05 Å². The van der Waals surface area contributed by atoms with E-state index < -0.39 is 24.8 Å². The fourth-order valence-corrected chi connectivity index (χ4v) is 6.27. The van der Waals surface area contributed by atoms with Gasteiger partial charge in [0.2, 0.25) is 0 Å². The van der Waals surface area contributed by atoms with Gasteiger partial charge in [-0.3, -0.25) is 4.57 Å². The van der Waals surface area contributed by atoms with Gasteiger partial charge in [0.15, 0.2) is 5.78 Å². The zero-order valence-corrected chi connectivity index (χ0v) is 17.6. The third-order valence-electron chi connectivity index (χ3n) is 5.49. The van der Waals surface area contributed by atoms with Crippen LogP contribution in [0.1, 0.15) is 51.4 Å². The molecular weight excluding hydrogens is 393 g/mol. The highest BCUT2D eigenvalue weighted by atomic mass is 31.2. The molecule has 29 heavy (non-hydrogen) atoms. The molecule has 0 saturated heterocycles. The Balaban J connectivity index is 1.98. The molecule has 2 unspecified atom stereocenters. The molecule has 2 heterocycles. The average Bonchev–Trinajstić information content (AvgIpc) is 2.99. The van der Waals surface area contributed by atoms with E-state index in [0.29, 0.717) is 5.69 Å². The summed E-state index contributed by atoms with van der Waals surface area (Å²) >= 11 is 0. The lowest BCUT2D eigenvalue weighted by molar-refractivity contribution is 0.197. The molecule has 0 spiro atoms. The van der Waals surface area contributed by atoms with Crippen LogP contribution in [0.25, 0.3) is 5.69 Å². The van der Waals surface area contributed by atoms with Crippen LogP contribution >= 0.6 is 7.60 Å². The summed E-state index contributed by atoms with van der Waals surface area (Å²) in [5.41, 5.74) is 0.541. The predicted molar refractivity (Wildman–Crippen MR) is 110 cm³/mol. The molecule has 1 aliphatic heterocycles. The Bertz CT molecular complexity index is 1070. The van der Waals surface area contributed by atoms with Gasteiger partial charge in [-0.2, -0.15) is 0 Å². The van der Waals surface area contributed by atoms with E-state index in [-0.39, 0.29) is 19.3 Å². The Hall–Kier alpha value is -2.15.